The average molecular weight is 583 g/mol. The molecule has 0 aliphatic carbocycles. The van der Waals surface area contributed by atoms with Crippen LogP contribution in [-0.4, -0.2) is 49.2 Å². The van der Waals surface area contributed by atoms with E-state index in [0.717, 1.165) is 19.2 Å². The predicted octanol–water partition coefficient (Wildman–Crippen LogP) is 4.90. The van der Waals surface area contributed by atoms with Crippen LogP contribution in [0.2, 0.25) is 5.02 Å². The highest BCUT2D eigenvalue weighted by atomic mass is 127. The lowest BCUT2D eigenvalue weighted by atomic mass is 9.84. The molecule has 0 spiro atoms. The van der Waals surface area contributed by atoms with Crippen LogP contribution in [0.15, 0.2) is 30.3 Å². The molecular weight excluding hydrogens is 560 g/mol. The molecule has 0 aromatic heterocycles. The Morgan fingerprint density at radius 3 is 2.44 bits per heavy atom. The topological polar surface area (TPSA) is 53.0 Å². The lowest BCUT2D eigenvalue weighted by Crippen LogP contribution is -2.44. The Morgan fingerprint density at radius 1 is 1.22 bits per heavy atom. The molecule has 0 bridgehead atoms. The van der Waals surface area contributed by atoms with Gasteiger partial charge in [0.05, 0.1) is 18.4 Å². The van der Waals surface area contributed by atoms with Crippen LogP contribution < -0.4 is 9.64 Å². The summed E-state index contributed by atoms with van der Waals surface area (Å²) in [4.78, 5) is 16.9. The van der Waals surface area contributed by atoms with E-state index in [-0.39, 0.29) is 28.6 Å². The fourth-order valence-corrected chi connectivity index (χ4v) is 4.81. The number of likely N-dealkylation sites (N-methyl/N-ethyl adjacent to an activating group) is 1. The SMILES string of the molecule is CCN(CC)CCN1C(=O)C(O)(c2ccc(Cl)cc2OC)c2c1cc(I)cc2C(F)(F)F. The van der Waals surface area contributed by atoms with Crippen molar-refractivity contribution < 1.29 is 27.8 Å². The molecule has 0 saturated heterocycles. The minimum atomic E-state index is -4.78. The summed E-state index contributed by atoms with van der Waals surface area (Å²) in [6.07, 6.45) is -4.78. The Hall–Kier alpha value is -1.56. The highest BCUT2D eigenvalue weighted by Gasteiger charge is 2.56. The molecule has 2 aromatic carbocycles. The second-order valence-corrected chi connectivity index (χ2v) is 9.07. The first-order valence-corrected chi connectivity index (χ1v) is 11.5. The van der Waals surface area contributed by atoms with Gasteiger partial charge in [0.1, 0.15) is 5.75 Å². The van der Waals surface area contributed by atoms with E-state index in [4.69, 9.17) is 16.3 Å². The number of methoxy groups -OCH3 is 1. The summed E-state index contributed by atoms with van der Waals surface area (Å²) < 4.78 is 47.9. The summed E-state index contributed by atoms with van der Waals surface area (Å²) >= 11 is 7.80. The fourth-order valence-electron chi connectivity index (χ4n) is 4.04. The highest BCUT2D eigenvalue weighted by Crippen LogP contribution is 2.52. The number of ether oxygens (including phenoxy) is 1. The summed E-state index contributed by atoms with van der Waals surface area (Å²) in [6, 6.07) is 6.53. The molecule has 2 aromatic rings. The molecule has 0 radical (unpaired) electrons. The van der Waals surface area contributed by atoms with Gasteiger partial charge in [-0.15, -0.1) is 0 Å². The van der Waals surface area contributed by atoms with Gasteiger partial charge >= 0.3 is 6.18 Å². The van der Waals surface area contributed by atoms with Crippen LogP contribution in [0.3, 0.4) is 0 Å². The zero-order valence-corrected chi connectivity index (χ0v) is 20.7. The molecule has 1 aliphatic rings. The van der Waals surface area contributed by atoms with Gasteiger partial charge in [0.25, 0.3) is 5.91 Å². The second-order valence-electron chi connectivity index (χ2n) is 7.38. The van der Waals surface area contributed by atoms with Gasteiger partial charge in [-0.25, -0.2) is 0 Å². The van der Waals surface area contributed by atoms with E-state index >= 15 is 0 Å². The molecule has 1 N–H and O–H groups in total. The summed E-state index contributed by atoms with van der Waals surface area (Å²) in [5, 5.41) is 12.0. The molecule has 0 saturated carbocycles. The number of hydrogen-bond acceptors (Lipinski definition) is 4. The molecule has 1 atom stereocenters. The van der Waals surface area contributed by atoms with E-state index < -0.39 is 28.8 Å². The van der Waals surface area contributed by atoms with Crippen molar-refractivity contribution in [1.29, 1.82) is 0 Å². The summed E-state index contributed by atoms with van der Waals surface area (Å²) in [5.41, 5.74) is -4.18. The highest BCUT2D eigenvalue weighted by molar-refractivity contribution is 14.1. The van der Waals surface area contributed by atoms with Gasteiger partial charge in [-0.1, -0.05) is 31.5 Å². The number of hydrogen-bond donors (Lipinski definition) is 1. The van der Waals surface area contributed by atoms with E-state index in [2.05, 4.69) is 0 Å². The quantitative estimate of drug-likeness (QED) is 0.472. The van der Waals surface area contributed by atoms with Crippen molar-refractivity contribution in [3.8, 4) is 5.75 Å². The zero-order chi connectivity index (χ0) is 23.8. The third kappa shape index (κ3) is 4.32. The summed E-state index contributed by atoms with van der Waals surface area (Å²) in [5.74, 6) is -0.829. The van der Waals surface area contributed by atoms with Crippen molar-refractivity contribution in [3.63, 3.8) is 0 Å². The van der Waals surface area contributed by atoms with E-state index in [1.807, 2.05) is 18.7 Å². The number of carbonyl (C=O) groups excluding carboxylic acids is 1. The van der Waals surface area contributed by atoms with Crippen LogP contribution in [0.1, 0.15) is 30.5 Å². The number of carbonyl (C=O) groups is 1. The predicted molar refractivity (Wildman–Crippen MR) is 125 cm³/mol. The van der Waals surface area contributed by atoms with Gasteiger partial charge in [0.15, 0.2) is 0 Å². The standard InChI is InChI=1S/C22H23ClF3IN2O3/c1-4-28(5-2)8-9-29-17-12-14(27)11-16(22(24,25)26)19(17)21(31,20(29)30)15-7-6-13(23)10-18(15)32-3/h6-7,10-12,31H,4-5,8-9H2,1-3H3. The molecule has 1 amide bonds. The normalized spacial score (nSPS) is 18.4. The van der Waals surface area contributed by atoms with E-state index in [9.17, 15) is 23.1 Å². The van der Waals surface area contributed by atoms with Gasteiger partial charge in [0.2, 0.25) is 5.60 Å². The smallest absolute Gasteiger partial charge is 0.416 e. The number of anilines is 1. The molecule has 0 fully saturated rings. The molecule has 1 unspecified atom stereocenters. The minimum absolute atomic E-state index is 0.0246. The number of halogens is 5. The maximum absolute atomic E-state index is 14.1. The number of benzene rings is 2. The van der Waals surface area contributed by atoms with Crippen molar-refractivity contribution in [1.82, 2.24) is 4.90 Å². The lowest BCUT2D eigenvalue weighted by molar-refractivity contribution is -0.142. The summed E-state index contributed by atoms with van der Waals surface area (Å²) in [6.45, 7) is 5.94. The zero-order valence-electron chi connectivity index (χ0n) is 17.8. The second kappa shape index (κ2) is 9.36. The molecule has 32 heavy (non-hydrogen) atoms. The van der Waals surface area contributed by atoms with Gasteiger partial charge < -0.3 is 19.6 Å². The minimum Gasteiger partial charge on any atom is -0.496 e. The molecule has 5 nitrogen and oxygen atoms in total. The summed E-state index contributed by atoms with van der Waals surface area (Å²) in [7, 11) is 1.30. The first kappa shape index (κ1) is 25.1. The van der Waals surface area contributed by atoms with Gasteiger partial charge in [-0.05, 0) is 59.9 Å². The molecule has 1 aliphatic heterocycles. The van der Waals surface area contributed by atoms with Crippen molar-refractivity contribution >= 4 is 45.8 Å². The van der Waals surface area contributed by atoms with Crippen LogP contribution in [-0.2, 0) is 16.6 Å². The Bertz CT molecular complexity index is 1030. The van der Waals surface area contributed by atoms with Crippen molar-refractivity contribution in [3.05, 3.63) is 55.6 Å². The number of aliphatic hydroxyl groups is 1. The Morgan fingerprint density at radius 2 is 1.88 bits per heavy atom. The van der Waals surface area contributed by atoms with Crippen LogP contribution in [0, 0.1) is 3.57 Å². The number of amides is 1. The van der Waals surface area contributed by atoms with Crippen LogP contribution in [0.4, 0.5) is 18.9 Å². The van der Waals surface area contributed by atoms with Crippen molar-refractivity contribution in [2.45, 2.75) is 25.6 Å². The number of rotatable bonds is 7. The monoisotopic (exact) mass is 582 g/mol. The van der Waals surface area contributed by atoms with Crippen molar-refractivity contribution in [2.24, 2.45) is 0 Å². The molecule has 3 rings (SSSR count). The maximum Gasteiger partial charge on any atom is 0.416 e. The third-order valence-corrected chi connectivity index (χ3v) is 6.54. The fraction of sp³-hybridized carbons (Fsp3) is 0.409. The Labute approximate surface area is 203 Å². The molecule has 1 heterocycles. The third-order valence-electron chi connectivity index (χ3n) is 5.68. The van der Waals surface area contributed by atoms with Crippen LogP contribution in [0.25, 0.3) is 0 Å². The van der Waals surface area contributed by atoms with E-state index in [0.29, 0.717) is 10.1 Å². The van der Waals surface area contributed by atoms with Gasteiger partial charge in [0, 0.05) is 32.8 Å². The maximum atomic E-state index is 14.1. The van der Waals surface area contributed by atoms with Gasteiger partial charge in [-0.2, -0.15) is 13.2 Å². The first-order chi connectivity index (χ1) is 15.0. The average Bonchev–Trinajstić information content (AvgIpc) is 2.94. The Balaban J connectivity index is 2.28. The Kier molecular flexibility index (Phi) is 7.33. The van der Waals surface area contributed by atoms with Gasteiger partial charge in [-0.3, -0.25) is 4.79 Å². The number of fused-ring (bicyclic) bond motifs is 1. The lowest BCUT2D eigenvalue weighted by Gasteiger charge is -2.27. The van der Waals surface area contributed by atoms with Crippen LogP contribution >= 0.6 is 34.2 Å². The molecule has 174 valence electrons. The van der Waals surface area contributed by atoms with Crippen LogP contribution in [0.5, 0.6) is 5.75 Å². The number of nitrogens with zero attached hydrogens (tertiary/aromatic N) is 2. The van der Waals surface area contributed by atoms with E-state index in [1.165, 1.54) is 36.3 Å². The largest absolute Gasteiger partial charge is 0.496 e. The first-order valence-electron chi connectivity index (χ1n) is 10.0. The number of alkyl halides is 3. The molecule has 10 heteroatoms. The molecular formula is C22H23ClF3IN2O3. The van der Waals surface area contributed by atoms with E-state index in [1.54, 1.807) is 22.6 Å². The van der Waals surface area contributed by atoms with Crippen molar-refractivity contribution in [2.75, 3.05) is 38.2 Å².